The molecule has 0 fully saturated rings. The van der Waals surface area contributed by atoms with Gasteiger partial charge in [0.1, 0.15) is 10.8 Å². The molecule has 0 radical (unpaired) electrons. The Kier molecular flexibility index (Phi) is 2.44. The van der Waals surface area contributed by atoms with Crippen LogP contribution in [-0.4, -0.2) is 15.7 Å². The Hall–Kier alpha value is -1.68. The first-order valence-corrected chi connectivity index (χ1v) is 6.48. The van der Waals surface area contributed by atoms with Gasteiger partial charge in [0.2, 0.25) is 0 Å². The monoisotopic (exact) mass is 243 g/mol. The van der Waals surface area contributed by atoms with Gasteiger partial charge in [-0.25, -0.2) is 4.98 Å². The second kappa shape index (κ2) is 3.96. The van der Waals surface area contributed by atoms with E-state index in [1.165, 1.54) is 5.56 Å². The fourth-order valence-electron chi connectivity index (χ4n) is 2.21. The van der Waals surface area contributed by atoms with E-state index in [9.17, 15) is 0 Å². The minimum absolute atomic E-state index is 0.176. The Morgan fingerprint density at radius 3 is 2.94 bits per heavy atom. The molecule has 1 aromatic heterocycles. The Balaban J connectivity index is 1.92. The maximum atomic E-state index is 8.22. The molecule has 1 aliphatic heterocycles. The average molecular weight is 243 g/mol. The summed E-state index contributed by atoms with van der Waals surface area (Å²) < 4.78 is 0. The number of nitrogens with one attached hydrogen (secondary N) is 1. The number of fused-ring (bicyclic) bond motifs is 1. The minimum atomic E-state index is 0.176. The number of hydrogen-bond acceptors (Lipinski definition) is 3. The lowest BCUT2D eigenvalue weighted by molar-refractivity contribution is 0.340. The van der Waals surface area contributed by atoms with Crippen molar-refractivity contribution in [2.45, 2.75) is 19.5 Å². The largest absolute Gasteiger partial charge is 0.343 e. The summed E-state index contributed by atoms with van der Waals surface area (Å²) in [6, 6.07) is 8.31. The van der Waals surface area contributed by atoms with E-state index < -0.39 is 0 Å². The summed E-state index contributed by atoms with van der Waals surface area (Å²) in [5, 5.41) is 11.3. The molecule has 0 amide bonds. The molecular weight excluding hydrogens is 230 g/mol. The second-order valence-corrected chi connectivity index (χ2v) is 5.11. The van der Waals surface area contributed by atoms with E-state index in [-0.39, 0.29) is 6.04 Å². The number of hydrogen-bond donors (Lipinski definition) is 1. The van der Waals surface area contributed by atoms with Gasteiger partial charge in [0, 0.05) is 23.7 Å². The summed E-state index contributed by atoms with van der Waals surface area (Å²) in [5.74, 6) is 0.614. The van der Waals surface area contributed by atoms with Gasteiger partial charge in [0.25, 0.3) is 0 Å². The van der Waals surface area contributed by atoms with Crippen molar-refractivity contribution in [2.75, 3.05) is 0 Å². The van der Waals surface area contributed by atoms with Crippen LogP contribution in [0.4, 0.5) is 0 Å². The van der Waals surface area contributed by atoms with Crippen molar-refractivity contribution in [2.24, 2.45) is 0 Å². The van der Waals surface area contributed by atoms with Crippen molar-refractivity contribution in [1.29, 1.82) is 5.41 Å². The zero-order chi connectivity index (χ0) is 11.8. The third-order valence-corrected chi connectivity index (χ3v) is 4.12. The number of rotatable bonds is 2. The smallest absolute Gasteiger partial charge is 0.129 e. The molecular formula is C13H13N3S. The van der Waals surface area contributed by atoms with Gasteiger partial charge in [-0.15, -0.1) is 11.3 Å². The Morgan fingerprint density at radius 1 is 1.41 bits per heavy atom. The third kappa shape index (κ3) is 1.65. The van der Waals surface area contributed by atoms with Gasteiger partial charge >= 0.3 is 0 Å². The Bertz CT molecular complexity index is 548. The van der Waals surface area contributed by atoms with Crippen LogP contribution in [0.3, 0.4) is 0 Å². The summed E-state index contributed by atoms with van der Waals surface area (Å²) in [4.78, 5) is 6.44. The molecule has 0 saturated heterocycles. The summed E-state index contributed by atoms with van der Waals surface area (Å²) in [6.07, 6.45) is 1.82. The zero-order valence-electron chi connectivity index (χ0n) is 9.55. The molecule has 0 aliphatic carbocycles. The minimum Gasteiger partial charge on any atom is -0.343 e. The van der Waals surface area contributed by atoms with Gasteiger partial charge in [-0.2, -0.15) is 0 Å². The van der Waals surface area contributed by atoms with Crippen LogP contribution < -0.4 is 0 Å². The lowest BCUT2D eigenvalue weighted by Gasteiger charge is -2.24. The van der Waals surface area contributed by atoms with Crippen LogP contribution in [0.2, 0.25) is 0 Å². The van der Waals surface area contributed by atoms with Crippen LogP contribution in [0.25, 0.3) is 0 Å². The number of benzene rings is 1. The molecule has 86 valence electrons. The fraction of sp³-hybridized carbons (Fsp3) is 0.231. The van der Waals surface area contributed by atoms with Gasteiger partial charge in [0.05, 0.1) is 6.04 Å². The first-order chi connectivity index (χ1) is 8.27. The molecule has 0 saturated carbocycles. The molecule has 2 heterocycles. The summed E-state index contributed by atoms with van der Waals surface area (Å²) in [6.45, 7) is 2.93. The SMILES string of the molecule is CC(c1nccs1)N1Cc2ccccc2C1=N. The van der Waals surface area contributed by atoms with Crippen molar-refractivity contribution >= 4 is 17.2 Å². The number of aromatic nitrogens is 1. The van der Waals surface area contributed by atoms with Gasteiger partial charge < -0.3 is 4.90 Å². The van der Waals surface area contributed by atoms with Gasteiger partial charge in [-0.05, 0) is 12.5 Å². The van der Waals surface area contributed by atoms with Crippen LogP contribution in [0.1, 0.15) is 29.1 Å². The molecule has 3 nitrogen and oxygen atoms in total. The van der Waals surface area contributed by atoms with E-state index in [1.807, 2.05) is 29.8 Å². The molecule has 17 heavy (non-hydrogen) atoms. The summed E-state index contributed by atoms with van der Waals surface area (Å²) in [5.41, 5.74) is 2.29. The first kappa shape index (κ1) is 10.5. The Morgan fingerprint density at radius 2 is 2.24 bits per heavy atom. The predicted molar refractivity (Wildman–Crippen MR) is 69.3 cm³/mol. The Labute approximate surface area is 104 Å². The van der Waals surface area contributed by atoms with E-state index in [0.29, 0.717) is 5.84 Å². The number of nitrogens with zero attached hydrogens (tertiary/aromatic N) is 2. The molecule has 4 heteroatoms. The fourth-order valence-corrected chi connectivity index (χ4v) is 2.92. The van der Waals surface area contributed by atoms with Crippen molar-refractivity contribution in [3.05, 3.63) is 52.0 Å². The van der Waals surface area contributed by atoms with Gasteiger partial charge in [0.15, 0.2) is 0 Å². The summed E-state index contributed by atoms with van der Waals surface area (Å²) >= 11 is 1.65. The van der Waals surface area contributed by atoms with E-state index in [4.69, 9.17) is 5.41 Å². The predicted octanol–water partition coefficient (Wildman–Crippen LogP) is 3.05. The molecule has 1 N–H and O–H groups in total. The quantitative estimate of drug-likeness (QED) is 0.880. The molecule has 0 bridgehead atoms. The van der Waals surface area contributed by atoms with E-state index in [1.54, 1.807) is 11.3 Å². The van der Waals surface area contributed by atoms with E-state index in [0.717, 1.165) is 17.1 Å². The second-order valence-electron chi connectivity index (χ2n) is 4.18. The van der Waals surface area contributed by atoms with Crippen LogP contribution in [-0.2, 0) is 6.54 Å². The molecule has 2 aromatic rings. The van der Waals surface area contributed by atoms with Crippen LogP contribution >= 0.6 is 11.3 Å². The topological polar surface area (TPSA) is 40.0 Å². The normalized spacial score (nSPS) is 16.1. The highest BCUT2D eigenvalue weighted by molar-refractivity contribution is 7.09. The highest BCUT2D eigenvalue weighted by Crippen LogP contribution is 2.31. The van der Waals surface area contributed by atoms with Crippen molar-refractivity contribution in [3.63, 3.8) is 0 Å². The van der Waals surface area contributed by atoms with Crippen LogP contribution in [0.5, 0.6) is 0 Å². The lowest BCUT2D eigenvalue weighted by Crippen LogP contribution is -2.27. The molecule has 1 aliphatic rings. The van der Waals surface area contributed by atoms with Crippen molar-refractivity contribution < 1.29 is 0 Å². The van der Waals surface area contributed by atoms with E-state index >= 15 is 0 Å². The van der Waals surface area contributed by atoms with Crippen molar-refractivity contribution in [3.8, 4) is 0 Å². The molecule has 1 aromatic carbocycles. The number of amidine groups is 1. The highest BCUT2D eigenvalue weighted by atomic mass is 32.1. The molecule has 3 rings (SSSR count). The average Bonchev–Trinajstić information content (AvgIpc) is 2.97. The van der Waals surface area contributed by atoms with Gasteiger partial charge in [-0.3, -0.25) is 5.41 Å². The maximum Gasteiger partial charge on any atom is 0.129 e. The highest BCUT2D eigenvalue weighted by Gasteiger charge is 2.28. The van der Waals surface area contributed by atoms with Crippen LogP contribution in [0, 0.1) is 5.41 Å². The number of thiazole rings is 1. The zero-order valence-corrected chi connectivity index (χ0v) is 10.4. The third-order valence-electron chi connectivity index (χ3n) is 3.18. The van der Waals surface area contributed by atoms with Crippen molar-refractivity contribution in [1.82, 2.24) is 9.88 Å². The van der Waals surface area contributed by atoms with Crippen LogP contribution in [0.15, 0.2) is 35.8 Å². The standard InChI is InChI=1S/C13H13N3S/c1-9(13-15-6-7-17-13)16-8-10-4-2-3-5-11(10)12(16)14/h2-7,9,14H,8H2,1H3. The van der Waals surface area contributed by atoms with Gasteiger partial charge in [-0.1, -0.05) is 24.3 Å². The lowest BCUT2D eigenvalue weighted by atomic mass is 10.1. The maximum absolute atomic E-state index is 8.22. The molecule has 1 atom stereocenters. The van der Waals surface area contributed by atoms with E-state index in [2.05, 4.69) is 22.9 Å². The molecule has 1 unspecified atom stereocenters. The summed E-state index contributed by atoms with van der Waals surface area (Å²) in [7, 11) is 0. The first-order valence-electron chi connectivity index (χ1n) is 5.60. The molecule has 0 spiro atoms.